The molecule has 9 rings (SSSR count). The van der Waals surface area contributed by atoms with Gasteiger partial charge in [0.15, 0.2) is 0 Å². The Morgan fingerprint density at radius 3 is 2.40 bits per heavy atom. The van der Waals surface area contributed by atoms with Gasteiger partial charge in [0.05, 0.1) is 35.1 Å². The second kappa shape index (κ2) is 17.1. The molecule has 3 aromatic carbocycles. The first kappa shape index (κ1) is 40.3. The van der Waals surface area contributed by atoms with Gasteiger partial charge in [-0.05, 0) is 72.1 Å². The lowest BCUT2D eigenvalue weighted by molar-refractivity contribution is -0.0498. The number of halogens is 2. The Labute approximate surface area is 359 Å². The normalized spacial score (nSPS) is 14.2. The van der Waals surface area contributed by atoms with Crippen LogP contribution in [0.1, 0.15) is 42.4 Å². The first-order valence-corrected chi connectivity index (χ1v) is 20.7. The molecule has 14 nitrogen and oxygen atoms in total. The van der Waals surface area contributed by atoms with Crippen molar-refractivity contribution in [3.05, 3.63) is 130 Å². The molecule has 2 aliphatic heterocycles. The van der Waals surface area contributed by atoms with Crippen LogP contribution >= 0.6 is 11.3 Å². The molecule has 4 aromatic heterocycles. The zero-order valence-electron chi connectivity index (χ0n) is 33.8. The number of nitrogens with zero attached hydrogens (tertiary/aromatic N) is 9. The number of alkyl halides is 2. The van der Waals surface area contributed by atoms with Crippen LogP contribution in [0.2, 0.25) is 0 Å². The molecule has 314 valence electrons. The standard InChI is InChI=1S/C45H40F2N10O4S/c1-53-25-31(23-51-53)42(58)52-43-36(22-48)35-13-14-57(26-40(35)62-43)41-21-37(49-27-50-41)29-5-10-32(11-6-29)60-34-12-7-30-19-39(54(2)38(30)20-34)44(59)56-17-15-55(16-18-56)24-28-3-8-33(9-4-28)61-45(46)47/h3-12,19-21,23,25,27,45H,13-18,24,26H2,1-2H3,(H,52,58). The molecule has 6 heterocycles. The lowest BCUT2D eigenvalue weighted by Gasteiger charge is -2.34. The number of rotatable bonds is 11. The number of hydrogen-bond donors (Lipinski definition) is 1. The van der Waals surface area contributed by atoms with Crippen LogP contribution in [0.5, 0.6) is 17.2 Å². The third kappa shape index (κ3) is 8.42. The summed E-state index contributed by atoms with van der Waals surface area (Å²) in [5.74, 6) is 1.82. The molecule has 2 aliphatic rings. The highest BCUT2D eigenvalue weighted by Crippen LogP contribution is 2.38. The summed E-state index contributed by atoms with van der Waals surface area (Å²) in [5.41, 5.74) is 5.97. The predicted molar refractivity (Wildman–Crippen MR) is 230 cm³/mol. The van der Waals surface area contributed by atoms with Crippen LogP contribution in [0, 0.1) is 11.3 Å². The van der Waals surface area contributed by atoms with Crippen molar-refractivity contribution in [1.82, 2.24) is 34.1 Å². The van der Waals surface area contributed by atoms with Gasteiger partial charge in [-0.25, -0.2) is 9.97 Å². The number of carbonyl (C=O) groups is 2. The minimum atomic E-state index is -2.85. The smallest absolute Gasteiger partial charge is 0.387 e. The molecule has 0 atom stereocenters. The molecule has 0 bridgehead atoms. The van der Waals surface area contributed by atoms with Crippen molar-refractivity contribution >= 4 is 44.9 Å². The summed E-state index contributed by atoms with van der Waals surface area (Å²) in [6.07, 6.45) is 5.32. The van der Waals surface area contributed by atoms with Gasteiger partial charge in [-0.15, -0.1) is 11.3 Å². The van der Waals surface area contributed by atoms with Crippen molar-refractivity contribution < 1.29 is 27.8 Å². The van der Waals surface area contributed by atoms with E-state index in [9.17, 15) is 23.6 Å². The number of nitriles is 1. The first-order valence-electron chi connectivity index (χ1n) is 19.9. The number of fused-ring (bicyclic) bond motifs is 2. The van der Waals surface area contributed by atoms with Crippen molar-refractivity contribution in [1.29, 1.82) is 5.26 Å². The number of amides is 2. The average Bonchev–Trinajstić information content (AvgIpc) is 3.98. The Bertz CT molecular complexity index is 2820. The van der Waals surface area contributed by atoms with Gasteiger partial charge >= 0.3 is 6.61 Å². The average molecular weight is 855 g/mol. The summed E-state index contributed by atoms with van der Waals surface area (Å²) in [6, 6.07) is 26.3. The summed E-state index contributed by atoms with van der Waals surface area (Å²) in [4.78, 5) is 42.9. The topological polar surface area (TPSA) is 147 Å². The lowest BCUT2D eigenvalue weighted by Crippen LogP contribution is -2.48. The van der Waals surface area contributed by atoms with Gasteiger partial charge in [0, 0.05) is 87.5 Å². The highest BCUT2D eigenvalue weighted by molar-refractivity contribution is 7.16. The summed E-state index contributed by atoms with van der Waals surface area (Å²) in [5, 5.41) is 18.4. The molecular formula is C45H40F2N10O4S. The molecule has 0 radical (unpaired) electrons. The third-order valence-corrected chi connectivity index (χ3v) is 12.3. The van der Waals surface area contributed by atoms with E-state index >= 15 is 0 Å². The van der Waals surface area contributed by atoms with E-state index in [-0.39, 0.29) is 17.6 Å². The highest BCUT2D eigenvalue weighted by atomic mass is 32.1. The maximum Gasteiger partial charge on any atom is 0.387 e. The molecule has 2 amide bonds. The van der Waals surface area contributed by atoms with Crippen LogP contribution in [-0.2, 0) is 33.6 Å². The van der Waals surface area contributed by atoms with Gasteiger partial charge in [-0.3, -0.25) is 19.2 Å². The predicted octanol–water partition coefficient (Wildman–Crippen LogP) is 7.47. The minimum absolute atomic E-state index is 0.0377. The number of aryl methyl sites for hydroxylation is 2. The van der Waals surface area contributed by atoms with E-state index < -0.39 is 6.61 Å². The quantitative estimate of drug-likeness (QED) is 0.139. The molecule has 0 aliphatic carbocycles. The molecule has 0 spiro atoms. The van der Waals surface area contributed by atoms with Crippen LogP contribution < -0.4 is 19.7 Å². The van der Waals surface area contributed by atoms with Gasteiger partial charge in [0.1, 0.15) is 46.2 Å². The van der Waals surface area contributed by atoms with Gasteiger partial charge in [0.2, 0.25) is 0 Å². The number of carbonyl (C=O) groups excluding carboxylic acids is 2. The number of thiophene rings is 1. The Balaban J connectivity index is 0.817. The Hall–Kier alpha value is -7.16. The lowest BCUT2D eigenvalue weighted by atomic mass is 10.0. The highest BCUT2D eigenvalue weighted by Gasteiger charge is 2.28. The summed E-state index contributed by atoms with van der Waals surface area (Å²) in [6.45, 7) is 1.53. The molecule has 1 fully saturated rings. The molecular weight excluding hydrogens is 815 g/mol. The minimum Gasteiger partial charge on any atom is -0.457 e. The van der Waals surface area contributed by atoms with Crippen LogP contribution in [-0.4, -0.2) is 85.3 Å². The molecule has 7 aromatic rings. The fourth-order valence-corrected chi connectivity index (χ4v) is 9.12. The van der Waals surface area contributed by atoms with Crippen LogP contribution in [0.15, 0.2) is 97.6 Å². The number of anilines is 2. The van der Waals surface area contributed by atoms with E-state index in [4.69, 9.17) is 4.74 Å². The fourth-order valence-electron chi connectivity index (χ4n) is 7.91. The number of piperazine rings is 1. The largest absolute Gasteiger partial charge is 0.457 e. The molecule has 1 N–H and O–H groups in total. The fraction of sp³-hybridized carbons (Fsp3) is 0.244. The zero-order chi connectivity index (χ0) is 42.9. The number of ether oxygens (including phenoxy) is 2. The van der Waals surface area contributed by atoms with Gasteiger partial charge in [-0.1, -0.05) is 12.1 Å². The summed E-state index contributed by atoms with van der Waals surface area (Å²) >= 11 is 1.41. The van der Waals surface area contributed by atoms with Gasteiger partial charge < -0.3 is 29.2 Å². The molecule has 0 unspecified atom stereocenters. The number of hydrogen-bond acceptors (Lipinski definition) is 11. The molecule has 17 heteroatoms. The van der Waals surface area contributed by atoms with Crippen LogP contribution in [0.4, 0.5) is 19.6 Å². The Morgan fingerprint density at radius 2 is 1.68 bits per heavy atom. The monoisotopic (exact) mass is 854 g/mol. The van der Waals surface area contributed by atoms with Crippen molar-refractivity contribution in [3.8, 4) is 34.6 Å². The van der Waals surface area contributed by atoms with Crippen molar-refractivity contribution in [3.63, 3.8) is 0 Å². The van der Waals surface area contributed by atoms with Crippen LogP contribution in [0.3, 0.4) is 0 Å². The van der Waals surface area contributed by atoms with Crippen molar-refractivity contribution in [2.24, 2.45) is 14.1 Å². The van der Waals surface area contributed by atoms with Gasteiger partial charge in [-0.2, -0.15) is 19.1 Å². The zero-order valence-corrected chi connectivity index (χ0v) is 34.6. The SMILES string of the molecule is Cn1cc(C(=O)Nc2sc3c(c2C#N)CCN(c2cc(-c4ccc(Oc5ccc6cc(C(=O)N7CCN(Cc8ccc(OC(F)F)cc8)CC7)n(C)c6c5)cc4)ncn2)C3)cn1. The van der Waals surface area contributed by atoms with Gasteiger partial charge in [0.25, 0.3) is 11.8 Å². The Morgan fingerprint density at radius 1 is 0.919 bits per heavy atom. The first-order chi connectivity index (χ1) is 30.1. The number of benzene rings is 3. The second-order valence-electron chi connectivity index (χ2n) is 15.1. The van der Waals surface area contributed by atoms with E-state index in [1.807, 2.05) is 71.1 Å². The Kier molecular flexibility index (Phi) is 11.1. The van der Waals surface area contributed by atoms with E-state index in [2.05, 4.69) is 41.0 Å². The van der Waals surface area contributed by atoms with E-state index in [1.165, 1.54) is 17.5 Å². The van der Waals surface area contributed by atoms with Crippen molar-refractivity contribution in [2.75, 3.05) is 42.9 Å². The maximum absolute atomic E-state index is 13.7. The summed E-state index contributed by atoms with van der Waals surface area (Å²) < 4.78 is 39.2. The summed E-state index contributed by atoms with van der Waals surface area (Å²) in [7, 11) is 3.63. The maximum atomic E-state index is 13.7. The number of aromatic nitrogens is 5. The van der Waals surface area contributed by atoms with Crippen LogP contribution in [0.25, 0.3) is 22.2 Å². The molecule has 1 saturated heterocycles. The molecule has 62 heavy (non-hydrogen) atoms. The van der Waals surface area contributed by atoms with E-state index in [1.54, 1.807) is 48.5 Å². The molecule has 0 saturated carbocycles. The third-order valence-electron chi connectivity index (χ3n) is 11.2. The van der Waals surface area contributed by atoms with E-state index in [0.717, 1.165) is 44.0 Å². The van der Waals surface area contributed by atoms with E-state index in [0.29, 0.717) is 85.6 Å². The van der Waals surface area contributed by atoms with Crippen molar-refractivity contribution in [2.45, 2.75) is 26.1 Å². The second-order valence-corrected chi connectivity index (χ2v) is 16.2. The number of nitrogens with one attached hydrogen (secondary N) is 1.